The lowest BCUT2D eigenvalue weighted by molar-refractivity contribution is 0.467. The first-order valence-corrected chi connectivity index (χ1v) is 6.58. The van der Waals surface area contributed by atoms with Crippen LogP contribution in [0.25, 0.3) is 0 Å². The van der Waals surface area contributed by atoms with Gasteiger partial charge < -0.3 is 10.4 Å². The van der Waals surface area contributed by atoms with E-state index in [2.05, 4.69) is 18.3 Å². The van der Waals surface area contributed by atoms with Gasteiger partial charge in [0.15, 0.2) is 0 Å². The standard InChI is InChI=1S/C17H18N2O/c1-11-4-9-16(12(2)17(11)20)19-13(3)15-7-5-14(10-18)6-8-15/h4-9,13,19-20H,1-3H3. The van der Waals surface area contributed by atoms with Gasteiger partial charge in [0.05, 0.1) is 11.6 Å². The van der Waals surface area contributed by atoms with Crippen molar-refractivity contribution < 1.29 is 5.11 Å². The molecule has 1 atom stereocenters. The Morgan fingerprint density at radius 3 is 2.35 bits per heavy atom. The third-order valence-corrected chi connectivity index (χ3v) is 3.54. The molecule has 2 aromatic rings. The van der Waals surface area contributed by atoms with Gasteiger partial charge in [-0.25, -0.2) is 0 Å². The maximum atomic E-state index is 9.96. The maximum Gasteiger partial charge on any atom is 0.123 e. The molecule has 102 valence electrons. The van der Waals surface area contributed by atoms with Crippen LogP contribution in [0.15, 0.2) is 36.4 Å². The van der Waals surface area contributed by atoms with Crippen LogP contribution in [0.3, 0.4) is 0 Å². The van der Waals surface area contributed by atoms with Crippen molar-refractivity contribution in [2.45, 2.75) is 26.8 Å². The van der Waals surface area contributed by atoms with Gasteiger partial charge in [-0.05, 0) is 50.1 Å². The van der Waals surface area contributed by atoms with Crippen LogP contribution in [0, 0.1) is 25.2 Å². The zero-order valence-corrected chi connectivity index (χ0v) is 11.9. The first-order chi connectivity index (χ1) is 9.52. The van der Waals surface area contributed by atoms with Crippen molar-refractivity contribution in [3.63, 3.8) is 0 Å². The predicted molar refractivity (Wildman–Crippen MR) is 80.8 cm³/mol. The van der Waals surface area contributed by atoms with Crippen LogP contribution in [0.4, 0.5) is 5.69 Å². The summed E-state index contributed by atoms with van der Waals surface area (Å²) in [7, 11) is 0. The first-order valence-electron chi connectivity index (χ1n) is 6.58. The summed E-state index contributed by atoms with van der Waals surface area (Å²) in [5, 5.41) is 22.2. The lowest BCUT2D eigenvalue weighted by Crippen LogP contribution is -2.07. The van der Waals surface area contributed by atoms with Crippen LogP contribution in [-0.2, 0) is 0 Å². The Labute approximate surface area is 119 Å². The quantitative estimate of drug-likeness (QED) is 0.881. The van der Waals surface area contributed by atoms with Crippen LogP contribution in [-0.4, -0.2) is 5.11 Å². The van der Waals surface area contributed by atoms with E-state index in [1.54, 1.807) is 0 Å². The Morgan fingerprint density at radius 2 is 1.75 bits per heavy atom. The summed E-state index contributed by atoms with van der Waals surface area (Å²) in [5.74, 6) is 0.335. The SMILES string of the molecule is Cc1ccc(NC(C)c2ccc(C#N)cc2)c(C)c1O. The summed E-state index contributed by atoms with van der Waals surface area (Å²) in [6, 6.07) is 13.6. The minimum absolute atomic E-state index is 0.101. The molecule has 0 bridgehead atoms. The zero-order chi connectivity index (χ0) is 14.7. The summed E-state index contributed by atoms with van der Waals surface area (Å²) in [4.78, 5) is 0. The third-order valence-electron chi connectivity index (χ3n) is 3.54. The van der Waals surface area contributed by atoms with Crippen molar-refractivity contribution in [1.29, 1.82) is 5.26 Å². The molecule has 2 N–H and O–H groups in total. The van der Waals surface area contributed by atoms with E-state index < -0.39 is 0 Å². The Morgan fingerprint density at radius 1 is 1.10 bits per heavy atom. The van der Waals surface area contributed by atoms with Crippen molar-refractivity contribution in [3.05, 3.63) is 58.7 Å². The van der Waals surface area contributed by atoms with Gasteiger partial charge >= 0.3 is 0 Å². The largest absolute Gasteiger partial charge is 0.507 e. The molecule has 0 saturated heterocycles. The molecule has 2 rings (SSSR count). The van der Waals surface area contributed by atoms with Gasteiger partial charge in [0.1, 0.15) is 5.75 Å². The molecule has 0 fully saturated rings. The lowest BCUT2D eigenvalue weighted by Gasteiger charge is -2.18. The molecule has 3 heteroatoms. The maximum absolute atomic E-state index is 9.96. The number of nitriles is 1. The topological polar surface area (TPSA) is 56.0 Å². The predicted octanol–water partition coefficient (Wildman–Crippen LogP) is 4.05. The summed E-state index contributed by atoms with van der Waals surface area (Å²) in [5.41, 5.74) is 4.41. The number of phenols is 1. The Bertz CT molecular complexity index is 654. The van der Waals surface area contributed by atoms with Crippen molar-refractivity contribution in [1.82, 2.24) is 0 Å². The number of phenolic OH excluding ortho intramolecular Hbond substituents is 1. The van der Waals surface area contributed by atoms with E-state index in [1.807, 2.05) is 50.2 Å². The fraction of sp³-hybridized carbons (Fsp3) is 0.235. The molecule has 2 aromatic carbocycles. The van der Waals surface area contributed by atoms with Gasteiger partial charge in [-0.2, -0.15) is 5.26 Å². The zero-order valence-electron chi connectivity index (χ0n) is 11.9. The summed E-state index contributed by atoms with van der Waals surface area (Å²) in [6.45, 7) is 5.84. The molecule has 0 saturated carbocycles. The number of benzene rings is 2. The average Bonchev–Trinajstić information content (AvgIpc) is 2.48. The molecule has 20 heavy (non-hydrogen) atoms. The smallest absolute Gasteiger partial charge is 0.123 e. The minimum Gasteiger partial charge on any atom is -0.507 e. The van der Waals surface area contributed by atoms with Crippen LogP contribution >= 0.6 is 0 Å². The van der Waals surface area contributed by atoms with Gasteiger partial charge in [0.25, 0.3) is 0 Å². The van der Waals surface area contributed by atoms with E-state index in [0.717, 1.165) is 22.4 Å². The van der Waals surface area contributed by atoms with Crippen molar-refractivity contribution >= 4 is 5.69 Å². The highest BCUT2D eigenvalue weighted by molar-refractivity contribution is 5.59. The lowest BCUT2D eigenvalue weighted by atomic mass is 10.0. The fourth-order valence-electron chi connectivity index (χ4n) is 2.15. The molecular weight excluding hydrogens is 248 g/mol. The second-order valence-electron chi connectivity index (χ2n) is 5.00. The molecule has 0 aliphatic rings. The molecule has 0 radical (unpaired) electrons. The van der Waals surface area contributed by atoms with E-state index in [4.69, 9.17) is 5.26 Å². The first kappa shape index (κ1) is 14.0. The molecule has 0 aliphatic carbocycles. The van der Waals surface area contributed by atoms with E-state index in [1.165, 1.54) is 0 Å². The summed E-state index contributed by atoms with van der Waals surface area (Å²) < 4.78 is 0. The molecule has 0 heterocycles. The van der Waals surface area contributed by atoms with Gasteiger partial charge in [0.2, 0.25) is 0 Å². The van der Waals surface area contributed by atoms with E-state index >= 15 is 0 Å². The number of hydrogen-bond donors (Lipinski definition) is 2. The van der Waals surface area contributed by atoms with Crippen LogP contribution in [0.2, 0.25) is 0 Å². The number of aryl methyl sites for hydroxylation is 1. The number of hydrogen-bond acceptors (Lipinski definition) is 3. The highest BCUT2D eigenvalue weighted by Gasteiger charge is 2.10. The molecule has 3 nitrogen and oxygen atoms in total. The molecule has 1 unspecified atom stereocenters. The highest BCUT2D eigenvalue weighted by Crippen LogP contribution is 2.30. The van der Waals surface area contributed by atoms with Crippen LogP contribution in [0.1, 0.15) is 35.2 Å². The van der Waals surface area contributed by atoms with E-state index in [-0.39, 0.29) is 6.04 Å². The summed E-state index contributed by atoms with van der Waals surface area (Å²) in [6.07, 6.45) is 0. The fourth-order valence-corrected chi connectivity index (χ4v) is 2.15. The third kappa shape index (κ3) is 2.75. The average molecular weight is 266 g/mol. The molecule has 0 amide bonds. The Balaban J connectivity index is 2.21. The Hall–Kier alpha value is -2.47. The number of aromatic hydroxyl groups is 1. The highest BCUT2D eigenvalue weighted by atomic mass is 16.3. The number of rotatable bonds is 3. The van der Waals surface area contributed by atoms with Crippen LogP contribution in [0.5, 0.6) is 5.75 Å². The number of nitrogens with one attached hydrogen (secondary N) is 1. The Kier molecular flexibility index (Phi) is 3.95. The molecule has 0 aromatic heterocycles. The van der Waals surface area contributed by atoms with E-state index in [0.29, 0.717) is 11.3 Å². The molecular formula is C17H18N2O. The van der Waals surface area contributed by atoms with Crippen molar-refractivity contribution in [3.8, 4) is 11.8 Å². The monoisotopic (exact) mass is 266 g/mol. The molecule has 0 aliphatic heterocycles. The second-order valence-corrected chi connectivity index (χ2v) is 5.00. The minimum atomic E-state index is 0.101. The van der Waals surface area contributed by atoms with Crippen molar-refractivity contribution in [2.75, 3.05) is 5.32 Å². The van der Waals surface area contributed by atoms with E-state index in [9.17, 15) is 5.11 Å². The molecule has 0 spiro atoms. The number of nitrogens with zero attached hydrogens (tertiary/aromatic N) is 1. The summed E-state index contributed by atoms with van der Waals surface area (Å²) >= 11 is 0. The van der Waals surface area contributed by atoms with Gasteiger partial charge in [-0.1, -0.05) is 18.2 Å². The normalized spacial score (nSPS) is 11.7. The second kappa shape index (κ2) is 5.66. The number of anilines is 1. The van der Waals surface area contributed by atoms with Gasteiger partial charge in [-0.3, -0.25) is 0 Å². The van der Waals surface area contributed by atoms with Crippen molar-refractivity contribution in [2.24, 2.45) is 0 Å². The van der Waals surface area contributed by atoms with Gasteiger partial charge in [0, 0.05) is 17.3 Å². The van der Waals surface area contributed by atoms with Crippen LogP contribution < -0.4 is 5.32 Å². The van der Waals surface area contributed by atoms with Gasteiger partial charge in [-0.15, -0.1) is 0 Å².